The summed E-state index contributed by atoms with van der Waals surface area (Å²) in [4.78, 5) is 0. The minimum Gasteiger partial charge on any atom is -0.489 e. The van der Waals surface area contributed by atoms with E-state index >= 15 is 0 Å². The smallest absolute Gasteiger partial charge is 0.489 e. The van der Waals surface area contributed by atoms with Gasteiger partial charge in [0.15, 0.2) is 0 Å². The van der Waals surface area contributed by atoms with Crippen molar-refractivity contribution in [3.63, 3.8) is 0 Å². The molecular weight excluding hydrogens is 279 g/mol. The van der Waals surface area contributed by atoms with E-state index in [-0.39, 0.29) is 51.4 Å². The van der Waals surface area contributed by atoms with E-state index < -0.39 is 12.4 Å². The molecule has 0 bridgehead atoms. The zero-order chi connectivity index (χ0) is 13.0. The molecule has 2 rings (SSSR count). The molecule has 0 heterocycles. The van der Waals surface area contributed by atoms with Gasteiger partial charge in [-0.2, -0.15) is 0 Å². The molecule has 0 unspecified atom stereocenters. The van der Waals surface area contributed by atoms with E-state index in [0.29, 0.717) is 12.4 Å². The molecule has 0 aliphatic carbocycles. The van der Waals surface area contributed by atoms with Gasteiger partial charge in [-0.25, -0.2) is 0 Å². The van der Waals surface area contributed by atoms with Crippen LogP contribution in [0.15, 0.2) is 54.6 Å². The molecule has 0 radical (unpaired) electrons. The summed E-state index contributed by atoms with van der Waals surface area (Å²) >= 11 is 0. The first-order valence-corrected chi connectivity index (χ1v) is 5.52. The van der Waals surface area contributed by atoms with Crippen LogP contribution in [0.5, 0.6) is 5.75 Å². The van der Waals surface area contributed by atoms with Gasteiger partial charge in [0.2, 0.25) is 0 Å². The second-order valence-electron chi connectivity index (χ2n) is 3.92. The van der Waals surface area contributed by atoms with Crippen LogP contribution in [0.1, 0.15) is 5.56 Å². The molecule has 19 heavy (non-hydrogen) atoms. The zero-order valence-corrected chi connectivity index (χ0v) is 13.6. The third-order valence-corrected chi connectivity index (χ3v) is 2.51. The molecule has 0 saturated heterocycles. The van der Waals surface area contributed by atoms with E-state index in [9.17, 15) is 12.9 Å². The summed E-state index contributed by atoms with van der Waals surface area (Å²) in [6, 6.07) is 14.2. The first kappa shape index (κ1) is 16.8. The van der Waals surface area contributed by atoms with Gasteiger partial charge in [0, 0.05) is 0 Å². The summed E-state index contributed by atoms with van der Waals surface area (Å²) in [6.07, 6.45) is 0. The second kappa shape index (κ2) is 7.50. The molecule has 1 nitrogen and oxygen atoms in total. The van der Waals surface area contributed by atoms with Crippen LogP contribution < -0.4 is 61.6 Å². The van der Waals surface area contributed by atoms with E-state index in [1.165, 1.54) is 12.1 Å². The molecule has 2 aromatic carbocycles. The van der Waals surface area contributed by atoms with E-state index in [4.69, 9.17) is 4.74 Å². The maximum atomic E-state index is 12.4. The van der Waals surface area contributed by atoms with Gasteiger partial charge < -0.3 is 17.7 Å². The van der Waals surface area contributed by atoms with Crippen molar-refractivity contribution in [2.45, 2.75) is 6.61 Å². The van der Waals surface area contributed by atoms with E-state index in [2.05, 4.69) is 0 Å². The third-order valence-electron chi connectivity index (χ3n) is 2.51. The van der Waals surface area contributed by atoms with Crippen molar-refractivity contribution >= 4 is 12.4 Å². The topological polar surface area (TPSA) is 9.23 Å². The average molecular weight is 290 g/mol. The van der Waals surface area contributed by atoms with Crippen LogP contribution in [0.25, 0.3) is 0 Å². The van der Waals surface area contributed by atoms with Crippen molar-refractivity contribution in [2.24, 2.45) is 0 Å². The summed E-state index contributed by atoms with van der Waals surface area (Å²) < 4.78 is 42.6. The SMILES string of the molecule is F[B-](F)(F)c1ccc(OCc2ccccc2)cc1.[K+]. The normalized spacial score (nSPS) is 10.7. The molecule has 0 aliphatic heterocycles. The van der Waals surface area contributed by atoms with Crippen LogP contribution in [0.2, 0.25) is 0 Å². The minimum atomic E-state index is -4.93. The van der Waals surface area contributed by atoms with Gasteiger partial charge in [-0.3, -0.25) is 0 Å². The second-order valence-corrected chi connectivity index (χ2v) is 3.92. The molecular formula is C13H11BF3KO. The fourth-order valence-corrected chi connectivity index (χ4v) is 1.52. The van der Waals surface area contributed by atoms with E-state index in [1.807, 2.05) is 30.3 Å². The summed E-state index contributed by atoms with van der Waals surface area (Å²) in [6.45, 7) is -4.59. The van der Waals surface area contributed by atoms with Crippen LogP contribution in [0, 0.1) is 0 Å². The van der Waals surface area contributed by atoms with Gasteiger partial charge in [0.05, 0.1) is 0 Å². The summed E-state index contributed by atoms with van der Waals surface area (Å²) in [7, 11) is 0. The quantitative estimate of drug-likeness (QED) is 0.737. The predicted octanol–water partition coefficient (Wildman–Crippen LogP) is 0.324. The molecule has 0 fully saturated rings. The summed E-state index contributed by atoms with van der Waals surface area (Å²) in [5.41, 5.74) is 0.365. The molecule has 0 aliphatic rings. The largest absolute Gasteiger partial charge is 1.00 e. The molecule has 0 amide bonds. The fraction of sp³-hybridized carbons (Fsp3) is 0.0769. The van der Waals surface area contributed by atoms with Crippen molar-refractivity contribution < 1.29 is 69.1 Å². The number of hydrogen-bond donors (Lipinski definition) is 0. The van der Waals surface area contributed by atoms with Crippen molar-refractivity contribution in [2.75, 3.05) is 0 Å². The standard InChI is InChI=1S/C13H11BF3O.K/c15-14(16,17)12-6-8-13(9-7-12)18-10-11-4-2-1-3-5-11;/h1-9H,10H2;/q-1;+1. The first-order valence-electron chi connectivity index (χ1n) is 5.52. The number of ether oxygens (including phenoxy) is 1. The minimum absolute atomic E-state index is 0. The summed E-state index contributed by atoms with van der Waals surface area (Å²) in [5.74, 6) is 0.433. The number of rotatable bonds is 4. The Morgan fingerprint density at radius 2 is 1.42 bits per heavy atom. The van der Waals surface area contributed by atoms with Crippen molar-refractivity contribution in [3.8, 4) is 5.75 Å². The molecule has 0 aromatic heterocycles. The fourth-order valence-electron chi connectivity index (χ4n) is 1.52. The maximum absolute atomic E-state index is 12.4. The van der Waals surface area contributed by atoms with Crippen LogP contribution >= 0.6 is 0 Å². The van der Waals surface area contributed by atoms with Crippen molar-refractivity contribution in [1.29, 1.82) is 0 Å². The predicted molar refractivity (Wildman–Crippen MR) is 65.9 cm³/mol. The molecule has 0 saturated carbocycles. The molecule has 94 valence electrons. The Hall–Kier alpha value is -0.269. The Morgan fingerprint density at radius 1 is 0.842 bits per heavy atom. The number of hydrogen-bond acceptors (Lipinski definition) is 1. The van der Waals surface area contributed by atoms with E-state index in [0.717, 1.165) is 17.7 Å². The van der Waals surface area contributed by atoms with Gasteiger partial charge in [-0.15, -0.1) is 5.46 Å². The van der Waals surface area contributed by atoms with Crippen LogP contribution in [0.4, 0.5) is 12.9 Å². The molecule has 6 heteroatoms. The van der Waals surface area contributed by atoms with Gasteiger partial charge in [0.1, 0.15) is 12.4 Å². The van der Waals surface area contributed by atoms with Gasteiger partial charge in [-0.1, -0.05) is 42.5 Å². The Labute approximate surface area is 152 Å². The number of benzene rings is 2. The third kappa shape index (κ3) is 5.32. The van der Waals surface area contributed by atoms with Gasteiger partial charge in [0.25, 0.3) is 0 Å². The van der Waals surface area contributed by atoms with Crippen molar-refractivity contribution in [1.82, 2.24) is 0 Å². The van der Waals surface area contributed by atoms with Gasteiger partial charge >= 0.3 is 58.4 Å². The Bertz CT molecular complexity index is 500. The Balaban J connectivity index is 0.00000180. The Morgan fingerprint density at radius 3 is 1.95 bits per heavy atom. The van der Waals surface area contributed by atoms with E-state index in [1.54, 1.807) is 0 Å². The molecule has 0 N–H and O–H groups in total. The zero-order valence-electron chi connectivity index (χ0n) is 10.5. The Kier molecular flexibility index (Phi) is 6.62. The van der Waals surface area contributed by atoms with Gasteiger partial charge in [-0.05, 0) is 17.7 Å². The van der Waals surface area contributed by atoms with Crippen LogP contribution in [0.3, 0.4) is 0 Å². The molecule has 0 spiro atoms. The average Bonchev–Trinajstić information content (AvgIpc) is 2.37. The van der Waals surface area contributed by atoms with Crippen LogP contribution in [-0.4, -0.2) is 6.98 Å². The number of halogens is 3. The van der Waals surface area contributed by atoms with Crippen LogP contribution in [-0.2, 0) is 6.61 Å². The van der Waals surface area contributed by atoms with Crippen molar-refractivity contribution in [3.05, 3.63) is 60.2 Å². The maximum Gasteiger partial charge on any atom is 1.00 e. The monoisotopic (exact) mass is 290 g/mol. The summed E-state index contributed by atoms with van der Waals surface area (Å²) in [5, 5.41) is 0. The first-order chi connectivity index (χ1) is 8.55. The molecule has 2 aromatic rings. The molecule has 0 atom stereocenters.